The van der Waals surface area contributed by atoms with Gasteiger partial charge in [0, 0.05) is 24.6 Å². The molecule has 0 saturated heterocycles. The standard InChI is InChI=1S/C24H17Cl2N7OS/c25-17-2-1-3-18(26)22(17)33-23(34)16-10-29-24(31-20(16)21(32-33)19-11-28-12-35-19)30-15-5-4-13-6-7-27-9-14(13)8-15/h1-5,8,10-12,27H,6-7,9H2,(H,29,30,31). The van der Waals surface area contributed by atoms with Crippen LogP contribution in [0.25, 0.3) is 27.2 Å². The van der Waals surface area contributed by atoms with Crippen LogP contribution in [0, 0.1) is 0 Å². The van der Waals surface area contributed by atoms with Crippen molar-refractivity contribution in [1.82, 2.24) is 30.0 Å². The smallest absolute Gasteiger partial charge is 0.282 e. The lowest BCUT2D eigenvalue weighted by atomic mass is 10.0. The molecule has 0 spiro atoms. The van der Waals surface area contributed by atoms with Gasteiger partial charge in [0.15, 0.2) is 0 Å². The molecule has 2 N–H and O–H groups in total. The lowest BCUT2D eigenvalue weighted by Crippen LogP contribution is -2.24. The summed E-state index contributed by atoms with van der Waals surface area (Å²) < 4.78 is 1.20. The number of para-hydroxylation sites is 1. The van der Waals surface area contributed by atoms with Crippen LogP contribution in [0.15, 0.2) is 59.1 Å². The normalized spacial score (nSPS) is 13.1. The molecule has 174 valence electrons. The molecule has 0 bridgehead atoms. The number of nitrogens with one attached hydrogen (secondary N) is 2. The van der Waals surface area contributed by atoms with Gasteiger partial charge in [-0.15, -0.1) is 11.3 Å². The Bertz CT molecular complexity index is 1620. The molecular weight excluding hydrogens is 505 g/mol. The number of hydrogen-bond acceptors (Lipinski definition) is 8. The van der Waals surface area contributed by atoms with E-state index in [1.807, 2.05) is 6.07 Å². The molecule has 5 aromatic rings. The Morgan fingerprint density at radius 1 is 1.09 bits per heavy atom. The Morgan fingerprint density at radius 2 is 1.94 bits per heavy atom. The topological polar surface area (TPSA) is 97.6 Å². The SMILES string of the molecule is O=c1c2cnc(Nc3ccc4c(c3)CNCC4)nc2c(-c2cncs2)nn1-c1c(Cl)cccc1Cl. The summed E-state index contributed by atoms with van der Waals surface area (Å²) >= 11 is 14.2. The van der Waals surface area contributed by atoms with Crippen LogP contribution in [0.1, 0.15) is 11.1 Å². The first-order chi connectivity index (χ1) is 17.1. The van der Waals surface area contributed by atoms with Crippen LogP contribution >= 0.6 is 34.5 Å². The van der Waals surface area contributed by atoms with E-state index in [0.717, 1.165) is 30.1 Å². The largest absolute Gasteiger partial charge is 0.324 e. The highest BCUT2D eigenvalue weighted by molar-refractivity contribution is 7.13. The van der Waals surface area contributed by atoms with Crippen molar-refractivity contribution in [2.24, 2.45) is 0 Å². The lowest BCUT2D eigenvalue weighted by molar-refractivity contribution is 0.644. The van der Waals surface area contributed by atoms with E-state index in [4.69, 9.17) is 23.2 Å². The maximum absolute atomic E-state index is 13.4. The highest BCUT2D eigenvalue weighted by Gasteiger charge is 2.20. The molecule has 0 amide bonds. The molecule has 1 aliphatic rings. The zero-order valence-corrected chi connectivity index (χ0v) is 20.5. The van der Waals surface area contributed by atoms with Crippen LogP contribution in [0.2, 0.25) is 10.0 Å². The van der Waals surface area contributed by atoms with Gasteiger partial charge in [0.05, 0.1) is 25.8 Å². The second-order valence-corrected chi connectivity index (χ2v) is 9.69. The van der Waals surface area contributed by atoms with Crippen LogP contribution in [0.3, 0.4) is 0 Å². The first kappa shape index (κ1) is 22.1. The number of hydrogen-bond donors (Lipinski definition) is 2. The number of anilines is 2. The summed E-state index contributed by atoms with van der Waals surface area (Å²) in [6.07, 6.45) is 4.19. The highest BCUT2D eigenvalue weighted by atomic mass is 35.5. The van der Waals surface area contributed by atoms with E-state index in [0.29, 0.717) is 38.3 Å². The summed E-state index contributed by atoms with van der Waals surface area (Å²) in [5.74, 6) is 0.363. The van der Waals surface area contributed by atoms with Crippen molar-refractivity contribution in [3.8, 4) is 16.3 Å². The maximum Gasteiger partial charge on any atom is 0.282 e. The summed E-state index contributed by atoms with van der Waals surface area (Å²) in [5.41, 5.74) is 5.93. The Hall–Kier alpha value is -3.37. The maximum atomic E-state index is 13.4. The van der Waals surface area contributed by atoms with E-state index in [1.165, 1.54) is 33.3 Å². The Balaban J connectivity index is 1.50. The van der Waals surface area contributed by atoms with Crippen LogP contribution in [-0.4, -0.2) is 31.3 Å². The minimum absolute atomic E-state index is 0.291. The predicted octanol–water partition coefficient (Wildman–Crippen LogP) is 5.00. The van der Waals surface area contributed by atoms with Gasteiger partial charge in [-0.1, -0.05) is 35.3 Å². The summed E-state index contributed by atoms with van der Waals surface area (Å²) in [4.78, 5) is 27.5. The number of benzene rings is 2. The van der Waals surface area contributed by atoms with Crippen molar-refractivity contribution in [2.75, 3.05) is 11.9 Å². The van der Waals surface area contributed by atoms with Gasteiger partial charge in [0.2, 0.25) is 5.95 Å². The van der Waals surface area contributed by atoms with Gasteiger partial charge in [-0.2, -0.15) is 9.78 Å². The van der Waals surface area contributed by atoms with Gasteiger partial charge < -0.3 is 10.6 Å². The molecule has 8 nitrogen and oxygen atoms in total. The monoisotopic (exact) mass is 521 g/mol. The van der Waals surface area contributed by atoms with E-state index >= 15 is 0 Å². The van der Waals surface area contributed by atoms with Crippen LogP contribution in [-0.2, 0) is 13.0 Å². The van der Waals surface area contributed by atoms with Gasteiger partial charge in [-0.25, -0.2) is 9.97 Å². The van der Waals surface area contributed by atoms with E-state index < -0.39 is 5.56 Å². The Morgan fingerprint density at radius 3 is 2.74 bits per heavy atom. The number of fused-ring (bicyclic) bond motifs is 2. The third kappa shape index (κ3) is 4.06. The molecule has 0 fully saturated rings. The van der Waals surface area contributed by atoms with E-state index in [2.05, 4.69) is 42.8 Å². The van der Waals surface area contributed by atoms with Gasteiger partial charge in [0.1, 0.15) is 16.9 Å². The molecule has 4 heterocycles. The van der Waals surface area contributed by atoms with Crippen molar-refractivity contribution in [1.29, 1.82) is 0 Å². The minimum atomic E-state index is -0.422. The second kappa shape index (κ2) is 9.01. The molecule has 11 heteroatoms. The molecule has 0 aliphatic carbocycles. The Labute approximate surface area is 213 Å². The minimum Gasteiger partial charge on any atom is -0.324 e. The van der Waals surface area contributed by atoms with Crippen molar-refractivity contribution in [3.63, 3.8) is 0 Å². The van der Waals surface area contributed by atoms with E-state index in [1.54, 1.807) is 29.9 Å². The van der Waals surface area contributed by atoms with E-state index in [9.17, 15) is 4.79 Å². The van der Waals surface area contributed by atoms with Gasteiger partial charge in [-0.05, 0) is 48.4 Å². The molecular formula is C24H17Cl2N7OS. The fourth-order valence-corrected chi connectivity index (χ4v) is 5.28. The molecule has 0 radical (unpaired) electrons. The molecule has 0 saturated carbocycles. The third-order valence-corrected chi connectivity index (χ3v) is 7.19. The second-order valence-electron chi connectivity index (χ2n) is 7.99. The number of aromatic nitrogens is 5. The fraction of sp³-hybridized carbons (Fsp3) is 0.125. The van der Waals surface area contributed by atoms with E-state index in [-0.39, 0.29) is 0 Å². The summed E-state index contributed by atoms with van der Waals surface area (Å²) in [6, 6.07) is 11.3. The summed E-state index contributed by atoms with van der Waals surface area (Å²) in [6.45, 7) is 1.81. The van der Waals surface area contributed by atoms with Crippen molar-refractivity contribution < 1.29 is 0 Å². The fourth-order valence-electron chi connectivity index (χ4n) is 4.11. The van der Waals surface area contributed by atoms with Gasteiger partial charge in [0.25, 0.3) is 5.56 Å². The third-order valence-electron chi connectivity index (χ3n) is 5.80. The van der Waals surface area contributed by atoms with Crippen LogP contribution in [0.4, 0.5) is 11.6 Å². The zero-order valence-electron chi connectivity index (χ0n) is 18.1. The summed E-state index contributed by atoms with van der Waals surface area (Å²) in [5, 5.41) is 12.2. The first-order valence-corrected chi connectivity index (χ1v) is 12.4. The average Bonchev–Trinajstić information content (AvgIpc) is 3.40. The Kier molecular flexibility index (Phi) is 5.69. The van der Waals surface area contributed by atoms with Crippen molar-refractivity contribution in [3.05, 3.63) is 85.8 Å². The molecule has 0 atom stereocenters. The number of rotatable bonds is 4. The molecule has 2 aromatic carbocycles. The number of halogens is 2. The molecule has 0 unspecified atom stereocenters. The molecule has 6 rings (SSSR count). The molecule has 3 aromatic heterocycles. The zero-order chi connectivity index (χ0) is 23.9. The first-order valence-electron chi connectivity index (χ1n) is 10.8. The lowest BCUT2D eigenvalue weighted by Gasteiger charge is -2.18. The highest BCUT2D eigenvalue weighted by Crippen LogP contribution is 2.31. The van der Waals surface area contributed by atoms with Gasteiger partial charge >= 0.3 is 0 Å². The quantitative estimate of drug-likeness (QED) is 0.343. The van der Waals surface area contributed by atoms with Crippen LogP contribution < -0.4 is 16.2 Å². The number of thiazole rings is 1. The van der Waals surface area contributed by atoms with Crippen molar-refractivity contribution in [2.45, 2.75) is 13.0 Å². The predicted molar refractivity (Wildman–Crippen MR) is 139 cm³/mol. The van der Waals surface area contributed by atoms with Crippen molar-refractivity contribution >= 4 is 57.1 Å². The van der Waals surface area contributed by atoms with Gasteiger partial charge in [-0.3, -0.25) is 9.78 Å². The number of nitrogens with zero attached hydrogens (tertiary/aromatic N) is 5. The molecule has 35 heavy (non-hydrogen) atoms. The average molecular weight is 522 g/mol. The van der Waals surface area contributed by atoms with Crippen LogP contribution in [0.5, 0.6) is 0 Å². The molecule has 1 aliphatic heterocycles. The summed E-state index contributed by atoms with van der Waals surface area (Å²) in [7, 11) is 0.